The summed E-state index contributed by atoms with van der Waals surface area (Å²) in [7, 11) is 3.17. The van der Waals surface area contributed by atoms with Crippen LogP contribution in [0.15, 0.2) is 59.2 Å². The Bertz CT molecular complexity index is 922. The standard InChI is InChI=1S/C20H20BrN3O3/c1-26-17-7-8-18(27-2)15(11-17)12-20(25)23-19-9-10-22-24(19)13-14-3-5-16(21)6-4-14/h3-11H,12-13H2,1-2H3,(H,23,25). The zero-order valence-electron chi connectivity index (χ0n) is 15.1. The van der Waals surface area contributed by atoms with E-state index in [2.05, 4.69) is 26.3 Å². The number of benzene rings is 2. The predicted octanol–water partition coefficient (Wildman–Crippen LogP) is 3.89. The smallest absolute Gasteiger partial charge is 0.230 e. The van der Waals surface area contributed by atoms with Crippen LogP contribution < -0.4 is 14.8 Å². The van der Waals surface area contributed by atoms with E-state index in [9.17, 15) is 4.79 Å². The highest BCUT2D eigenvalue weighted by molar-refractivity contribution is 9.10. The van der Waals surface area contributed by atoms with Gasteiger partial charge in [-0.1, -0.05) is 28.1 Å². The molecule has 0 saturated carbocycles. The monoisotopic (exact) mass is 429 g/mol. The molecule has 1 N–H and O–H groups in total. The van der Waals surface area contributed by atoms with Gasteiger partial charge in [0.15, 0.2) is 0 Å². The minimum Gasteiger partial charge on any atom is -0.497 e. The zero-order valence-corrected chi connectivity index (χ0v) is 16.7. The van der Waals surface area contributed by atoms with E-state index in [1.807, 2.05) is 24.3 Å². The van der Waals surface area contributed by atoms with E-state index >= 15 is 0 Å². The topological polar surface area (TPSA) is 65.4 Å². The molecule has 0 aliphatic carbocycles. The molecule has 1 heterocycles. The zero-order chi connectivity index (χ0) is 19.2. The van der Waals surface area contributed by atoms with Crippen molar-refractivity contribution < 1.29 is 14.3 Å². The summed E-state index contributed by atoms with van der Waals surface area (Å²) in [6.45, 7) is 0.568. The molecule has 0 aliphatic rings. The summed E-state index contributed by atoms with van der Waals surface area (Å²) < 4.78 is 13.3. The molecule has 0 saturated heterocycles. The summed E-state index contributed by atoms with van der Waals surface area (Å²) in [6.07, 6.45) is 1.84. The number of nitrogens with zero attached hydrogens (tertiary/aromatic N) is 2. The van der Waals surface area contributed by atoms with Gasteiger partial charge < -0.3 is 14.8 Å². The molecule has 0 atom stereocenters. The SMILES string of the molecule is COc1ccc(OC)c(CC(=O)Nc2ccnn2Cc2ccc(Br)cc2)c1. The maximum absolute atomic E-state index is 12.5. The van der Waals surface area contributed by atoms with Crippen molar-refractivity contribution in [3.8, 4) is 11.5 Å². The lowest BCUT2D eigenvalue weighted by Crippen LogP contribution is -2.18. The number of aromatic nitrogens is 2. The van der Waals surface area contributed by atoms with Crippen molar-refractivity contribution in [2.45, 2.75) is 13.0 Å². The number of anilines is 1. The highest BCUT2D eigenvalue weighted by Crippen LogP contribution is 2.24. The molecule has 6 nitrogen and oxygen atoms in total. The van der Waals surface area contributed by atoms with Crippen LogP contribution in [0.1, 0.15) is 11.1 Å². The normalized spacial score (nSPS) is 10.5. The number of rotatable bonds is 7. The highest BCUT2D eigenvalue weighted by atomic mass is 79.9. The molecule has 0 aliphatic heterocycles. The van der Waals surface area contributed by atoms with Crippen molar-refractivity contribution in [2.75, 3.05) is 19.5 Å². The summed E-state index contributed by atoms with van der Waals surface area (Å²) in [5, 5.41) is 7.22. The van der Waals surface area contributed by atoms with Crippen LogP contribution in [-0.4, -0.2) is 29.9 Å². The second kappa shape index (κ2) is 8.73. The van der Waals surface area contributed by atoms with Gasteiger partial charge in [0.05, 0.1) is 33.4 Å². The first-order valence-corrected chi connectivity index (χ1v) is 9.15. The first-order valence-electron chi connectivity index (χ1n) is 8.36. The van der Waals surface area contributed by atoms with Gasteiger partial charge in [0.2, 0.25) is 5.91 Å². The Hall–Kier alpha value is -2.80. The van der Waals surface area contributed by atoms with Crippen LogP contribution in [0.4, 0.5) is 5.82 Å². The largest absolute Gasteiger partial charge is 0.497 e. The lowest BCUT2D eigenvalue weighted by atomic mass is 10.1. The Balaban J connectivity index is 1.70. The van der Waals surface area contributed by atoms with Gasteiger partial charge in [-0.15, -0.1) is 0 Å². The third kappa shape index (κ3) is 4.89. The Morgan fingerprint density at radius 1 is 1.11 bits per heavy atom. The number of amides is 1. The number of ether oxygens (including phenoxy) is 2. The summed E-state index contributed by atoms with van der Waals surface area (Å²) in [5.74, 6) is 1.82. The number of carbonyl (C=O) groups excluding carboxylic acids is 1. The van der Waals surface area contributed by atoms with Crippen molar-refractivity contribution in [3.05, 3.63) is 70.3 Å². The number of carbonyl (C=O) groups is 1. The van der Waals surface area contributed by atoms with E-state index in [1.54, 1.807) is 49.4 Å². The van der Waals surface area contributed by atoms with Crippen LogP contribution in [0.25, 0.3) is 0 Å². The first-order chi connectivity index (χ1) is 13.1. The van der Waals surface area contributed by atoms with Crippen LogP contribution in [0.5, 0.6) is 11.5 Å². The number of hydrogen-bond donors (Lipinski definition) is 1. The summed E-state index contributed by atoms with van der Waals surface area (Å²) in [5.41, 5.74) is 1.85. The molecule has 1 aromatic heterocycles. The molecule has 0 radical (unpaired) electrons. The molecule has 7 heteroatoms. The number of methoxy groups -OCH3 is 2. The molecule has 3 rings (SSSR count). The van der Waals surface area contributed by atoms with Crippen LogP contribution >= 0.6 is 15.9 Å². The average Bonchev–Trinajstić information content (AvgIpc) is 3.10. The molecule has 3 aromatic rings. The fourth-order valence-corrected chi connectivity index (χ4v) is 2.97. The Morgan fingerprint density at radius 3 is 2.59 bits per heavy atom. The van der Waals surface area contributed by atoms with Crippen molar-refractivity contribution in [3.63, 3.8) is 0 Å². The van der Waals surface area contributed by atoms with E-state index < -0.39 is 0 Å². The van der Waals surface area contributed by atoms with E-state index in [0.717, 1.165) is 15.6 Å². The molecule has 140 valence electrons. The van der Waals surface area contributed by atoms with Gasteiger partial charge in [-0.3, -0.25) is 4.79 Å². The van der Waals surface area contributed by atoms with Gasteiger partial charge in [-0.05, 0) is 35.9 Å². The van der Waals surface area contributed by atoms with Crippen molar-refractivity contribution in [1.29, 1.82) is 0 Å². The van der Waals surface area contributed by atoms with Crippen LogP contribution in [0, 0.1) is 0 Å². The number of nitrogens with one attached hydrogen (secondary N) is 1. The maximum Gasteiger partial charge on any atom is 0.230 e. The van der Waals surface area contributed by atoms with Gasteiger partial charge in [0.1, 0.15) is 17.3 Å². The van der Waals surface area contributed by atoms with Crippen LogP contribution in [-0.2, 0) is 17.8 Å². The molecule has 0 spiro atoms. The van der Waals surface area contributed by atoms with Gasteiger partial charge in [0, 0.05) is 16.1 Å². The van der Waals surface area contributed by atoms with Gasteiger partial charge >= 0.3 is 0 Å². The molecule has 2 aromatic carbocycles. The molecular formula is C20H20BrN3O3. The molecule has 1 amide bonds. The molecule has 0 bridgehead atoms. The van der Waals surface area contributed by atoms with Crippen LogP contribution in [0.3, 0.4) is 0 Å². The van der Waals surface area contributed by atoms with E-state index in [1.165, 1.54) is 0 Å². The molecular weight excluding hydrogens is 410 g/mol. The summed E-state index contributed by atoms with van der Waals surface area (Å²) in [4.78, 5) is 12.5. The minimum atomic E-state index is -0.154. The quantitative estimate of drug-likeness (QED) is 0.618. The minimum absolute atomic E-state index is 0.154. The van der Waals surface area contributed by atoms with E-state index in [4.69, 9.17) is 9.47 Å². The Labute approximate surface area is 166 Å². The van der Waals surface area contributed by atoms with Gasteiger partial charge in [0.25, 0.3) is 0 Å². The lowest BCUT2D eigenvalue weighted by molar-refractivity contribution is -0.115. The van der Waals surface area contributed by atoms with Gasteiger partial charge in [-0.2, -0.15) is 5.10 Å². The summed E-state index contributed by atoms with van der Waals surface area (Å²) in [6, 6.07) is 15.2. The molecule has 0 unspecified atom stereocenters. The van der Waals surface area contributed by atoms with Gasteiger partial charge in [-0.25, -0.2) is 4.68 Å². The average molecular weight is 430 g/mol. The first kappa shape index (κ1) is 19.0. The van der Waals surface area contributed by atoms with E-state index in [-0.39, 0.29) is 12.3 Å². The Kier molecular flexibility index (Phi) is 6.13. The number of halogens is 1. The van der Waals surface area contributed by atoms with Crippen molar-refractivity contribution in [1.82, 2.24) is 9.78 Å². The fraction of sp³-hybridized carbons (Fsp3) is 0.200. The maximum atomic E-state index is 12.5. The second-order valence-electron chi connectivity index (χ2n) is 5.90. The predicted molar refractivity (Wildman–Crippen MR) is 107 cm³/mol. The third-order valence-corrected chi connectivity index (χ3v) is 4.60. The van der Waals surface area contributed by atoms with Crippen LogP contribution in [0.2, 0.25) is 0 Å². The molecule has 27 heavy (non-hydrogen) atoms. The third-order valence-electron chi connectivity index (χ3n) is 4.07. The van der Waals surface area contributed by atoms with E-state index in [0.29, 0.717) is 23.9 Å². The van der Waals surface area contributed by atoms with Crippen molar-refractivity contribution >= 4 is 27.7 Å². The molecule has 0 fully saturated rings. The second-order valence-corrected chi connectivity index (χ2v) is 6.82. The fourth-order valence-electron chi connectivity index (χ4n) is 2.71. The number of hydrogen-bond acceptors (Lipinski definition) is 4. The van der Waals surface area contributed by atoms with Crippen molar-refractivity contribution in [2.24, 2.45) is 0 Å². The lowest BCUT2D eigenvalue weighted by Gasteiger charge is -2.12. The highest BCUT2D eigenvalue weighted by Gasteiger charge is 2.13. The Morgan fingerprint density at radius 2 is 1.89 bits per heavy atom. The summed E-state index contributed by atoms with van der Waals surface area (Å²) >= 11 is 3.43.